The molecule has 0 aromatic heterocycles. The molecule has 2 aliphatic rings. The lowest BCUT2D eigenvalue weighted by atomic mass is 9.94. The standard InChI is InChI=1S/C33H36N6O/c1-24-20-25(2)30(33(40)39-18-16-38(17-19-39)32-11-7-5-9-28(32)23-35)21-29(24)26(3)36-12-14-37(15-13-36)31-10-6-4-8-27(31)22-34/h4-11,20-21,26H,12-19H2,1-3H3. The number of rotatable bonds is 5. The van der Waals surface area contributed by atoms with Crippen molar-refractivity contribution in [1.29, 1.82) is 10.5 Å². The van der Waals surface area contributed by atoms with Crippen LogP contribution in [0.25, 0.3) is 0 Å². The Morgan fingerprint density at radius 1 is 0.725 bits per heavy atom. The fourth-order valence-electron chi connectivity index (χ4n) is 6.10. The molecular weight excluding hydrogens is 496 g/mol. The van der Waals surface area contributed by atoms with Gasteiger partial charge in [-0.25, -0.2) is 0 Å². The van der Waals surface area contributed by atoms with Crippen LogP contribution >= 0.6 is 0 Å². The maximum atomic E-state index is 13.7. The van der Waals surface area contributed by atoms with Crippen LogP contribution in [0.4, 0.5) is 11.4 Å². The summed E-state index contributed by atoms with van der Waals surface area (Å²) in [5, 5.41) is 19.0. The predicted octanol–water partition coefficient (Wildman–Crippen LogP) is 4.89. The largest absolute Gasteiger partial charge is 0.368 e. The van der Waals surface area contributed by atoms with Gasteiger partial charge in [0.25, 0.3) is 5.91 Å². The van der Waals surface area contributed by atoms with Crippen LogP contribution < -0.4 is 9.80 Å². The molecule has 3 aromatic carbocycles. The van der Waals surface area contributed by atoms with E-state index in [0.29, 0.717) is 31.7 Å². The lowest BCUT2D eigenvalue weighted by Crippen LogP contribution is -2.49. The quantitative estimate of drug-likeness (QED) is 0.466. The van der Waals surface area contributed by atoms with Gasteiger partial charge in [0.05, 0.1) is 22.5 Å². The Balaban J connectivity index is 1.26. The molecule has 0 saturated carbocycles. The Hall–Kier alpha value is -4.33. The first-order valence-corrected chi connectivity index (χ1v) is 14.0. The van der Waals surface area contributed by atoms with Crippen molar-refractivity contribution >= 4 is 17.3 Å². The van der Waals surface area contributed by atoms with Crippen molar-refractivity contribution in [3.63, 3.8) is 0 Å². The van der Waals surface area contributed by atoms with Crippen molar-refractivity contribution in [2.75, 3.05) is 62.2 Å². The van der Waals surface area contributed by atoms with Gasteiger partial charge in [-0.1, -0.05) is 30.3 Å². The number of hydrogen-bond acceptors (Lipinski definition) is 6. The summed E-state index contributed by atoms with van der Waals surface area (Å²) in [6, 6.07) is 24.5. The zero-order valence-electron chi connectivity index (χ0n) is 23.6. The second-order valence-electron chi connectivity index (χ2n) is 10.8. The molecule has 0 bridgehead atoms. The first-order chi connectivity index (χ1) is 19.4. The smallest absolute Gasteiger partial charge is 0.254 e. The molecular formula is C33H36N6O. The number of nitriles is 2. The predicted molar refractivity (Wildman–Crippen MR) is 159 cm³/mol. The third-order valence-electron chi connectivity index (χ3n) is 8.45. The van der Waals surface area contributed by atoms with Gasteiger partial charge in [-0.3, -0.25) is 9.69 Å². The number of carbonyl (C=O) groups is 1. The van der Waals surface area contributed by atoms with Crippen molar-refractivity contribution in [2.24, 2.45) is 0 Å². The van der Waals surface area contributed by atoms with Crippen molar-refractivity contribution in [3.05, 3.63) is 94.0 Å². The number of benzene rings is 3. The minimum absolute atomic E-state index is 0.0806. The monoisotopic (exact) mass is 532 g/mol. The number of amides is 1. The van der Waals surface area contributed by atoms with E-state index in [4.69, 9.17) is 0 Å². The van der Waals surface area contributed by atoms with Gasteiger partial charge in [-0.05, 0) is 67.8 Å². The third-order valence-corrected chi connectivity index (χ3v) is 8.45. The molecule has 0 spiro atoms. The molecule has 2 saturated heterocycles. The highest BCUT2D eigenvalue weighted by molar-refractivity contribution is 5.96. The van der Waals surface area contributed by atoms with Gasteiger partial charge in [0.15, 0.2) is 0 Å². The van der Waals surface area contributed by atoms with Crippen LogP contribution in [0.15, 0.2) is 60.7 Å². The summed E-state index contributed by atoms with van der Waals surface area (Å²) in [7, 11) is 0. The fourth-order valence-corrected chi connectivity index (χ4v) is 6.10. The van der Waals surface area contributed by atoms with Crippen molar-refractivity contribution < 1.29 is 4.79 Å². The molecule has 5 rings (SSSR count). The molecule has 7 nitrogen and oxygen atoms in total. The van der Waals surface area contributed by atoms with E-state index in [1.165, 1.54) is 11.1 Å². The van der Waals surface area contributed by atoms with Gasteiger partial charge < -0.3 is 14.7 Å². The molecule has 0 radical (unpaired) electrons. The first kappa shape index (κ1) is 27.2. The van der Waals surface area contributed by atoms with E-state index < -0.39 is 0 Å². The van der Waals surface area contributed by atoms with Crippen LogP contribution in [0.5, 0.6) is 0 Å². The normalized spacial score (nSPS) is 16.8. The van der Waals surface area contributed by atoms with Gasteiger partial charge in [-0.15, -0.1) is 0 Å². The van der Waals surface area contributed by atoms with E-state index in [2.05, 4.69) is 52.8 Å². The molecule has 2 fully saturated rings. The zero-order valence-corrected chi connectivity index (χ0v) is 23.6. The van der Waals surface area contributed by atoms with Gasteiger partial charge in [0.2, 0.25) is 0 Å². The summed E-state index contributed by atoms with van der Waals surface area (Å²) in [5.74, 6) is 0.0806. The lowest BCUT2D eigenvalue weighted by Gasteiger charge is -2.40. The van der Waals surface area contributed by atoms with Gasteiger partial charge in [0.1, 0.15) is 12.1 Å². The van der Waals surface area contributed by atoms with E-state index in [1.54, 1.807) is 0 Å². The number of anilines is 2. The van der Waals surface area contributed by atoms with E-state index in [0.717, 1.165) is 54.2 Å². The Kier molecular flexibility index (Phi) is 8.05. The van der Waals surface area contributed by atoms with E-state index in [1.807, 2.05) is 60.4 Å². The van der Waals surface area contributed by atoms with Gasteiger partial charge >= 0.3 is 0 Å². The maximum absolute atomic E-state index is 13.7. The Bertz CT molecular complexity index is 1470. The number of carbonyl (C=O) groups excluding carboxylic acids is 1. The van der Waals surface area contributed by atoms with Crippen LogP contribution in [0, 0.1) is 36.5 Å². The van der Waals surface area contributed by atoms with Crippen LogP contribution in [-0.4, -0.2) is 68.1 Å². The number of para-hydroxylation sites is 2. The zero-order chi connectivity index (χ0) is 28.2. The third kappa shape index (κ3) is 5.39. The average molecular weight is 533 g/mol. The summed E-state index contributed by atoms with van der Waals surface area (Å²) in [4.78, 5) is 22.6. The second-order valence-corrected chi connectivity index (χ2v) is 10.8. The molecule has 3 aromatic rings. The van der Waals surface area contributed by atoms with E-state index >= 15 is 0 Å². The summed E-state index contributed by atoms with van der Waals surface area (Å²) in [6.07, 6.45) is 0. The van der Waals surface area contributed by atoms with E-state index in [-0.39, 0.29) is 11.9 Å². The molecule has 0 N–H and O–H groups in total. The van der Waals surface area contributed by atoms with Crippen LogP contribution in [-0.2, 0) is 0 Å². The molecule has 7 heteroatoms. The second kappa shape index (κ2) is 11.8. The minimum Gasteiger partial charge on any atom is -0.368 e. The summed E-state index contributed by atoms with van der Waals surface area (Å²) < 4.78 is 0. The molecule has 2 heterocycles. The Morgan fingerprint density at radius 2 is 1.23 bits per heavy atom. The highest BCUT2D eigenvalue weighted by Crippen LogP contribution is 2.30. The van der Waals surface area contributed by atoms with Crippen LogP contribution in [0.3, 0.4) is 0 Å². The Morgan fingerprint density at radius 3 is 1.75 bits per heavy atom. The van der Waals surface area contributed by atoms with Crippen molar-refractivity contribution in [3.8, 4) is 12.1 Å². The summed E-state index contributed by atoms with van der Waals surface area (Å²) >= 11 is 0. The SMILES string of the molecule is Cc1cc(C)c(C(C)N2CCN(c3ccccc3C#N)CC2)cc1C(=O)N1CCN(c2ccccc2C#N)CC1. The van der Waals surface area contributed by atoms with Crippen LogP contribution in [0.1, 0.15) is 51.1 Å². The lowest BCUT2D eigenvalue weighted by molar-refractivity contribution is 0.0745. The fraction of sp³-hybridized carbons (Fsp3) is 0.364. The molecule has 0 aliphatic carbocycles. The average Bonchev–Trinajstić information content (AvgIpc) is 3.00. The van der Waals surface area contributed by atoms with Crippen molar-refractivity contribution in [2.45, 2.75) is 26.8 Å². The Labute approximate surface area is 237 Å². The van der Waals surface area contributed by atoms with Crippen molar-refractivity contribution in [1.82, 2.24) is 9.80 Å². The minimum atomic E-state index is 0.0806. The van der Waals surface area contributed by atoms with Gasteiger partial charge in [0, 0.05) is 64.0 Å². The maximum Gasteiger partial charge on any atom is 0.254 e. The molecule has 204 valence electrons. The van der Waals surface area contributed by atoms with E-state index in [9.17, 15) is 15.3 Å². The molecule has 1 atom stereocenters. The molecule has 1 amide bonds. The molecule has 2 aliphatic heterocycles. The summed E-state index contributed by atoms with van der Waals surface area (Å²) in [6.45, 7) is 12.6. The topological polar surface area (TPSA) is 77.6 Å². The number of nitrogens with zero attached hydrogens (tertiary/aromatic N) is 6. The number of piperazine rings is 2. The number of aryl methyl sites for hydroxylation is 2. The highest BCUT2D eigenvalue weighted by atomic mass is 16.2. The van der Waals surface area contributed by atoms with Gasteiger partial charge in [-0.2, -0.15) is 10.5 Å². The van der Waals surface area contributed by atoms with Crippen LogP contribution in [0.2, 0.25) is 0 Å². The molecule has 1 unspecified atom stereocenters. The first-order valence-electron chi connectivity index (χ1n) is 14.0. The molecule has 40 heavy (non-hydrogen) atoms. The number of hydrogen-bond donors (Lipinski definition) is 0. The summed E-state index contributed by atoms with van der Waals surface area (Å²) in [5.41, 5.74) is 7.53. The highest BCUT2D eigenvalue weighted by Gasteiger charge is 2.28.